The first-order valence-corrected chi connectivity index (χ1v) is 12.4. The van der Waals surface area contributed by atoms with Crippen LogP contribution in [0.4, 0.5) is 0 Å². The first-order chi connectivity index (χ1) is 15.4. The Labute approximate surface area is 198 Å². The van der Waals surface area contributed by atoms with Crippen LogP contribution in [-0.2, 0) is 9.53 Å². The highest BCUT2D eigenvalue weighted by atomic mass is 35.5. The zero-order valence-corrected chi connectivity index (χ0v) is 20.2. The van der Waals surface area contributed by atoms with Gasteiger partial charge in [0.2, 0.25) is 0 Å². The third-order valence-electron chi connectivity index (χ3n) is 5.12. The number of halogens is 1. The van der Waals surface area contributed by atoms with E-state index in [4.69, 9.17) is 16.3 Å². The fourth-order valence-corrected chi connectivity index (χ4v) is 5.18. The van der Waals surface area contributed by atoms with Gasteiger partial charge in [-0.3, -0.25) is 9.36 Å². The maximum atomic E-state index is 13.5. The summed E-state index contributed by atoms with van der Waals surface area (Å²) in [6, 6.07) is 14.5. The molecule has 0 radical (unpaired) electrons. The molecule has 0 bridgehead atoms. The van der Waals surface area contributed by atoms with Gasteiger partial charge in [0.05, 0.1) is 28.5 Å². The van der Waals surface area contributed by atoms with Gasteiger partial charge in [0.25, 0.3) is 5.56 Å². The first kappa shape index (κ1) is 22.6. The highest BCUT2D eigenvalue weighted by Gasteiger charge is 2.33. The number of thiazole rings is 1. The number of carbonyl (C=O) groups excluding carboxylic acids is 1. The van der Waals surface area contributed by atoms with E-state index in [9.17, 15) is 9.59 Å². The molecule has 0 fully saturated rings. The Hall–Kier alpha value is -2.61. The molecule has 2 heterocycles. The summed E-state index contributed by atoms with van der Waals surface area (Å²) in [4.78, 5) is 32.6. The number of hydrogen-bond acceptors (Lipinski definition) is 6. The van der Waals surface area contributed by atoms with Crippen molar-refractivity contribution in [1.29, 1.82) is 0 Å². The monoisotopic (exact) mass is 484 g/mol. The number of carbonyl (C=O) groups is 1. The topological polar surface area (TPSA) is 60.7 Å². The molecular weight excluding hydrogens is 464 g/mol. The van der Waals surface area contributed by atoms with Crippen molar-refractivity contribution < 1.29 is 9.53 Å². The number of hydrogen-bond donors (Lipinski definition) is 0. The van der Waals surface area contributed by atoms with Gasteiger partial charge in [-0.15, -0.1) is 11.8 Å². The number of fused-ring (bicyclic) bond motifs is 1. The van der Waals surface area contributed by atoms with Crippen LogP contribution in [0.1, 0.15) is 31.0 Å². The Morgan fingerprint density at radius 1 is 1.22 bits per heavy atom. The third-order valence-corrected chi connectivity index (χ3v) is 7.09. The number of thioether (sulfide) groups is 1. The molecule has 1 aliphatic heterocycles. The standard InChI is InChI=1S/C24H21ClN2O3S2/c1-4-30-23(29)20-14(2)26-24-27(21(20)16-7-11-18(31-3)12-8-16)22(28)19(32-24)13-15-5-9-17(25)10-6-15/h5-13,21H,4H2,1-3H3/b19-13-. The van der Waals surface area contributed by atoms with Crippen LogP contribution in [0.25, 0.3) is 6.08 Å². The summed E-state index contributed by atoms with van der Waals surface area (Å²) in [7, 11) is 0. The molecule has 0 saturated carbocycles. The van der Waals surface area contributed by atoms with Crippen molar-refractivity contribution in [2.45, 2.75) is 24.8 Å². The molecule has 164 valence electrons. The van der Waals surface area contributed by atoms with Gasteiger partial charge >= 0.3 is 5.97 Å². The molecule has 0 saturated heterocycles. The summed E-state index contributed by atoms with van der Waals surface area (Å²) in [5.41, 5.74) is 2.44. The van der Waals surface area contributed by atoms with Crippen molar-refractivity contribution in [3.8, 4) is 0 Å². The average molecular weight is 485 g/mol. The molecule has 1 aromatic heterocycles. The van der Waals surface area contributed by atoms with Crippen molar-refractivity contribution in [3.05, 3.63) is 95.6 Å². The van der Waals surface area contributed by atoms with Crippen LogP contribution in [0, 0.1) is 0 Å². The summed E-state index contributed by atoms with van der Waals surface area (Å²) >= 11 is 8.92. The van der Waals surface area contributed by atoms with Crippen LogP contribution in [0.5, 0.6) is 0 Å². The molecule has 8 heteroatoms. The van der Waals surface area contributed by atoms with Gasteiger partial charge in [-0.1, -0.05) is 47.2 Å². The highest BCUT2D eigenvalue weighted by Crippen LogP contribution is 2.31. The molecule has 1 aliphatic rings. The molecule has 1 unspecified atom stereocenters. The molecule has 0 N–H and O–H groups in total. The van der Waals surface area contributed by atoms with E-state index in [1.165, 1.54) is 11.3 Å². The fourth-order valence-electron chi connectivity index (χ4n) is 3.60. The Kier molecular flexibility index (Phi) is 6.69. The molecule has 0 aliphatic carbocycles. The third kappa shape index (κ3) is 4.33. The summed E-state index contributed by atoms with van der Waals surface area (Å²) in [5.74, 6) is -0.459. The number of rotatable bonds is 5. The lowest BCUT2D eigenvalue weighted by molar-refractivity contribution is -0.139. The van der Waals surface area contributed by atoms with E-state index in [0.717, 1.165) is 16.0 Å². The summed E-state index contributed by atoms with van der Waals surface area (Å²) in [6.07, 6.45) is 3.82. The van der Waals surface area contributed by atoms with E-state index < -0.39 is 12.0 Å². The molecule has 3 aromatic rings. The normalized spacial score (nSPS) is 16.0. The number of benzene rings is 2. The predicted octanol–water partition coefficient (Wildman–Crippen LogP) is 4.17. The quantitative estimate of drug-likeness (QED) is 0.403. The lowest BCUT2D eigenvalue weighted by atomic mass is 9.96. The molecule has 1 atom stereocenters. The second-order valence-electron chi connectivity index (χ2n) is 7.13. The molecule has 0 spiro atoms. The molecule has 5 nitrogen and oxygen atoms in total. The highest BCUT2D eigenvalue weighted by molar-refractivity contribution is 7.98. The van der Waals surface area contributed by atoms with E-state index in [-0.39, 0.29) is 12.2 Å². The number of allylic oxidation sites excluding steroid dienone is 1. The van der Waals surface area contributed by atoms with Gasteiger partial charge in [0.15, 0.2) is 4.80 Å². The van der Waals surface area contributed by atoms with Gasteiger partial charge < -0.3 is 4.74 Å². The second-order valence-corrected chi connectivity index (χ2v) is 9.45. The largest absolute Gasteiger partial charge is 0.463 e. The number of esters is 1. The van der Waals surface area contributed by atoms with E-state index in [1.54, 1.807) is 42.3 Å². The zero-order chi connectivity index (χ0) is 22.8. The molecule has 4 rings (SSSR count). The molecular formula is C24H21ClN2O3S2. The summed E-state index contributed by atoms with van der Waals surface area (Å²) < 4.78 is 7.46. The number of nitrogens with zero attached hydrogens (tertiary/aromatic N) is 2. The Bertz CT molecular complexity index is 1370. The van der Waals surface area contributed by atoms with E-state index in [2.05, 4.69) is 4.99 Å². The van der Waals surface area contributed by atoms with Gasteiger partial charge in [0, 0.05) is 9.92 Å². The molecule has 0 amide bonds. The van der Waals surface area contributed by atoms with Crippen LogP contribution in [0.15, 0.2) is 74.5 Å². The molecule has 32 heavy (non-hydrogen) atoms. The van der Waals surface area contributed by atoms with E-state index >= 15 is 0 Å². The van der Waals surface area contributed by atoms with E-state index in [1.807, 2.05) is 48.7 Å². The van der Waals surface area contributed by atoms with E-state index in [0.29, 0.717) is 25.6 Å². The first-order valence-electron chi connectivity index (χ1n) is 10.0. The minimum absolute atomic E-state index is 0.197. The fraction of sp³-hybridized carbons (Fsp3) is 0.208. The minimum Gasteiger partial charge on any atom is -0.463 e. The Morgan fingerprint density at radius 3 is 2.53 bits per heavy atom. The van der Waals surface area contributed by atoms with Crippen molar-refractivity contribution in [3.63, 3.8) is 0 Å². The van der Waals surface area contributed by atoms with Gasteiger partial charge in [0.1, 0.15) is 0 Å². The van der Waals surface area contributed by atoms with Crippen LogP contribution in [0.2, 0.25) is 5.02 Å². The zero-order valence-electron chi connectivity index (χ0n) is 17.8. The SMILES string of the molecule is CCOC(=O)C1=C(C)N=c2s/c(=C\c3ccc(Cl)cc3)c(=O)n2C1c1ccc(SC)cc1. The second kappa shape index (κ2) is 9.48. The van der Waals surface area contributed by atoms with Gasteiger partial charge in [-0.05, 0) is 61.6 Å². The van der Waals surface area contributed by atoms with Gasteiger partial charge in [-0.25, -0.2) is 9.79 Å². The maximum absolute atomic E-state index is 13.5. The lowest BCUT2D eigenvalue weighted by Gasteiger charge is -2.24. The summed E-state index contributed by atoms with van der Waals surface area (Å²) in [6.45, 7) is 3.79. The van der Waals surface area contributed by atoms with Crippen molar-refractivity contribution in [2.24, 2.45) is 4.99 Å². The lowest BCUT2D eigenvalue weighted by Crippen LogP contribution is -2.39. The molecule has 2 aromatic carbocycles. The smallest absolute Gasteiger partial charge is 0.338 e. The Morgan fingerprint density at radius 2 is 1.91 bits per heavy atom. The average Bonchev–Trinajstić information content (AvgIpc) is 3.09. The number of ether oxygens (including phenoxy) is 1. The van der Waals surface area contributed by atoms with Crippen molar-refractivity contribution in [1.82, 2.24) is 4.57 Å². The minimum atomic E-state index is -0.603. The van der Waals surface area contributed by atoms with Crippen molar-refractivity contribution >= 4 is 46.7 Å². The van der Waals surface area contributed by atoms with Crippen LogP contribution >= 0.6 is 34.7 Å². The Balaban J connectivity index is 1.93. The predicted molar refractivity (Wildman–Crippen MR) is 130 cm³/mol. The van der Waals surface area contributed by atoms with Crippen LogP contribution in [-0.4, -0.2) is 23.4 Å². The maximum Gasteiger partial charge on any atom is 0.338 e. The number of aromatic nitrogens is 1. The summed E-state index contributed by atoms with van der Waals surface area (Å²) in [5, 5.41) is 0.631. The van der Waals surface area contributed by atoms with Crippen LogP contribution in [0.3, 0.4) is 0 Å². The van der Waals surface area contributed by atoms with Crippen LogP contribution < -0.4 is 14.9 Å². The van der Waals surface area contributed by atoms with Gasteiger partial charge in [-0.2, -0.15) is 0 Å². The van der Waals surface area contributed by atoms with Crippen molar-refractivity contribution in [2.75, 3.05) is 12.9 Å².